The fraction of sp³-hybridized carbons (Fsp3) is 0.697. The van der Waals surface area contributed by atoms with Crippen molar-refractivity contribution in [2.75, 3.05) is 13.2 Å². The first-order valence-corrected chi connectivity index (χ1v) is 19.7. The molecule has 0 amide bonds. The van der Waals surface area contributed by atoms with Crippen molar-refractivity contribution in [2.45, 2.75) is 135 Å². The molecular weight excluding hydrogens is 501 g/mol. The van der Waals surface area contributed by atoms with Crippen LogP contribution in [-0.4, -0.2) is 47.9 Å². The second kappa shape index (κ2) is 19.8. The van der Waals surface area contributed by atoms with Crippen LogP contribution in [0.15, 0.2) is 50.1 Å². The molecule has 0 bridgehead atoms. The average Bonchev–Trinajstić information content (AvgIpc) is 2.89. The smallest absolute Gasteiger partial charge is 0.193 e. The van der Waals surface area contributed by atoms with Gasteiger partial charge in [-0.25, -0.2) is 0 Å². The van der Waals surface area contributed by atoms with Crippen molar-refractivity contribution >= 4 is 16.4 Å². The molecule has 0 heterocycles. The highest BCUT2D eigenvalue weighted by Crippen LogP contribution is 2.40. The fourth-order valence-corrected chi connectivity index (χ4v) is 13.8. The zero-order chi connectivity index (χ0) is 29.2. The zero-order valence-corrected chi connectivity index (χ0v) is 28.4. The molecule has 5 heteroatoms. The Labute approximate surface area is 239 Å². The van der Waals surface area contributed by atoms with Gasteiger partial charge in [-0.15, -0.1) is 31.2 Å². The molecule has 0 fully saturated rings. The average molecular weight is 561 g/mol. The van der Waals surface area contributed by atoms with Crippen LogP contribution < -0.4 is 0 Å². The summed E-state index contributed by atoms with van der Waals surface area (Å²) >= 11 is 0. The first-order valence-electron chi connectivity index (χ1n) is 15.0. The van der Waals surface area contributed by atoms with E-state index in [4.69, 9.17) is 13.9 Å². The van der Waals surface area contributed by atoms with E-state index in [0.29, 0.717) is 29.8 Å². The van der Waals surface area contributed by atoms with Crippen LogP contribution in [0.5, 0.6) is 0 Å². The van der Waals surface area contributed by atoms with Crippen molar-refractivity contribution in [3.8, 4) is 11.5 Å². The van der Waals surface area contributed by atoms with E-state index in [1.807, 2.05) is 18.2 Å². The van der Waals surface area contributed by atoms with E-state index in [-0.39, 0.29) is 18.3 Å². The molecule has 0 radical (unpaired) electrons. The molecule has 0 rings (SSSR count). The summed E-state index contributed by atoms with van der Waals surface area (Å²) in [6, 6.07) is 3.25. The van der Waals surface area contributed by atoms with E-state index in [0.717, 1.165) is 37.4 Å². The van der Waals surface area contributed by atoms with Gasteiger partial charge >= 0.3 is 0 Å². The van der Waals surface area contributed by atoms with Gasteiger partial charge in [-0.05, 0) is 47.6 Å². The van der Waals surface area contributed by atoms with Gasteiger partial charge in [-0.3, -0.25) is 0 Å². The van der Waals surface area contributed by atoms with Gasteiger partial charge in [0.1, 0.15) is 14.2 Å². The van der Waals surface area contributed by atoms with Crippen molar-refractivity contribution in [3.63, 3.8) is 0 Å². The Balaban J connectivity index is 5.57. The van der Waals surface area contributed by atoms with Crippen LogP contribution >= 0.6 is 0 Å². The molecule has 0 aromatic carbocycles. The van der Waals surface area contributed by atoms with Gasteiger partial charge in [0, 0.05) is 6.42 Å². The Kier molecular flexibility index (Phi) is 19.2. The van der Waals surface area contributed by atoms with Gasteiger partial charge in [0.2, 0.25) is 0 Å². The summed E-state index contributed by atoms with van der Waals surface area (Å²) in [7, 11) is -3.52. The minimum absolute atomic E-state index is 0.0742. The highest BCUT2D eigenvalue weighted by Gasteiger charge is 2.41. The summed E-state index contributed by atoms with van der Waals surface area (Å²) in [5, 5.41) is 0. The van der Waals surface area contributed by atoms with Gasteiger partial charge in [0.05, 0.1) is 25.4 Å². The largest absolute Gasteiger partial charge is 0.408 e. The zero-order valence-electron chi connectivity index (χ0n) is 26.4. The van der Waals surface area contributed by atoms with Crippen LogP contribution in [-0.2, 0) is 13.9 Å². The molecule has 0 aliphatic rings. The molecule has 3 nitrogen and oxygen atoms in total. The lowest BCUT2D eigenvalue weighted by Gasteiger charge is -2.38. The summed E-state index contributed by atoms with van der Waals surface area (Å²) in [6.45, 7) is 33.9. The van der Waals surface area contributed by atoms with E-state index in [2.05, 4.69) is 99.6 Å². The lowest BCUT2D eigenvalue weighted by Crippen LogP contribution is -2.44. The van der Waals surface area contributed by atoms with E-state index in [9.17, 15) is 0 Å². The SMILES string of the molecule is C=CCOC/C=C/[C@H](O[C@@H](C=C)CCCC#C[Si](C(C)C)(C(C)C)C(C)C)[C@@H](C=C)O[Si](CC)(CC)CC. The van der Waals surface area contributed by atoms with Crippen LogP contribution in [0.3, 0.4) is 0 Å². The normalized spacial score (nSPS) is 14.9. The van der Waals surface area contributed by atoms with Crippen LogP contribution in [0.4, 0.5) is 0 Å². The molecule has 0 saturated carbocycles. The minimum Gasteiger partial charge on any atom is -0.408 e. The first-order chi connectivity index (χ1) is 18.0. The van der Waals surface area contributed by atoms with E-state index in [1.165, 1.54) is 0 Å². The molecule has 218 valence electrons. The van der Waals surface area contributed by atoms with Crippen molar-refractivity contribution in [2.24, 2.45) is 0 Å². The molecule has 0 N–H and O–H groups in total. The van der Waals surface area contributed by atoms with Crippen molar-refractivity contribution < 1.29 is 13.9 Å². The van der Waals surface area contributed by atoms with Crippen LogP contribution in [0.2, 0.25) is 34.8 Å². The third-order valence-electron chi connectivity index (χ3n) is 8.21. The quantitative estimate of drug-likeness (QED) is 0.0605. The Bertz CT molecular complexity index is 726. The molecule has 0 aromatic heterocycles. The van der Waals surface area contributed by atoms with Gasteiger partial charge in [0.25, 0.3) is 0 Å². The number of unbranched alkanes of at least 4 members (excludes halogenated alkanes) is 1. The van der Waals surface area contributed by atoms with Crippen LogP contribution in [0.1, 0.15) is 81.6 Å². The number of ether oxygens (including phenoxy) is 2. The van der Waals surface area contributed by atoms with Gasteiger partial charge < -0.3 is 13.9 Å². The number of hydrogen-bond acceptors (Lipinski definition) is 3. The molecule has 0 spiro atoms. The minimum atomic E-state index is -1.84. The van der Waals surface area contributed by atoms with Crippen molar-refractivity contribution in [1.29, 1.82) is 0 Å². The maximum Gasteiger partial charge on any atom is 0.193 e. The molecule has 0 saturated heterocycles. The molecule has 0 unspecified atom stereocenters. The Morgan fingerprint density at radius 3 is 1.82 bits per heavy atom. The summed E-state index contributed by atoms with van der Waals surface area (Å²) in [5.74, 6) is 3.59. The second-order valence-corrected chi connectivity index (χ2v) is 21.6. The Morgan fingerprint density at radius 1 is 0.789 bits per heavy atom. The van der Waals surface area contributed by atoms with E-state index >= 15 is 0 Å². The summed E-state index contributed by atoms with van der Waals surface area (Å²) in [5.41, 5.74) is 5.81. The molecule has 0 aliphatic heterocycles. The number of hydrogen-bond donors (Lipinski definition) is 0. The fourth-order valence-electron chi connectivity index (χ4n) is 5.66. The number of rotatable bonds is 21. The standard InChI is InChI=1S/C33H60O3Si2/c1-13-25-34-26-22-24-33(32(15-3)36-37(16-4,17-5)18-6)35-31(14-2)23-20-19-21-27-38(28(7)8,29(9)10)30(11)12/h13-15,22,24,28-33H,1-3,16-20,23,25-26H2,4-12H3/b24-22+/t31-,32+,33-/m0/s1. The van der Waals surface area contributed by atoms with Crippen molar-refractivity contribution in [1.82, 2.24) is 0 Å². The summed E-state index contributed by atoms with van der Waals surface area (Å²) in [4.78, 5) is 0. The van der Waals surface area contributed by atoms with Gasteiger partial charge in [0.15, 0.2) is 8.32 Å². The van der Waals surface area contributed by atoms with Crippen LogP contribution in [0.25, 0.3) is 0 Å². The Morgan fingerprint density at radius 2 is 1.37 bits per heavy atom. The lowest BCUT2D eigenvalue weighted by molar-refractivity contribution is -0.0160. The molecular formula is C33H60O3Si2. The maximum absolute atomic E-state index is 6.80. The van der Waals surface area contributed by atoms with Crippen molar-refractivity contribution in [3.05, 3.63) is 50.1 Å². The third-order valence-corrected chi connectivity index (χ3v) is 19.2. The monoisotopic (exact) mass is 560 g/mol. The van der Waals surface area contributed by atoms with Gasteiger partial charge in [-0.1, -0.05) is 92.7 Å². The third kappa shape index (κ3) is 11.5. The maximum atomic E-state index is 6.80. The topological polar surface area (TPSA) is 27.7 Å². The summed E-state index contributed by atoms with van der Waals surface area (Å²) in [6.07, 6.45) is 11.9. The molecule has 0 aromatic rings. The highest BCUT2D eigenvalue weighted by atomic mass is 28.4. The highest BCUT2D eigenvalue weighted by molar-refractivity contribution is 6.90. The predicted octanol–water partition coefficient (Wildman–Crippen LogP) is 9.65. The second-order valence-electron chi connectivity index (χ2n) is 11.3. The first kappa shape index (κ1) is 36.8. The Hall–Kier alpha value is -1.17. The van der Waals surface area contributed by atoms with Gasteiger partial charge in [-0.2, -0.15) is 0 Å². The lowest BCUT2D eigenvalue weighted by atomic mass is 10.1. The van der Waals surface area contributed by atoms with E-state index in [1.54, 1.807) is 6.08 Å². The molecule has 0 aliphatic carbocycles. The summed E-state index contributed by atoms with van der Waals surface area (Å²) < 4.78 is 19.0. The van der Waals surface area contributed by atoms with E-state index < -0.39 is 16.4 Å². The van der Waals surface area contributed by atoms with Crippen LogP contribution in [0, 0.1) is 11.5 Å². The molecule has 38 heavy (non-hydrogen) atoms. The molecule has 3 atom stereocenters. The predicted molar refractivity (Wildman–Crippen MR) is 174 cm³/mol.